The van der Waals surface area contributed by atoms with Crippen molar-refractivity contribution in [3.63, 3.8) is 0 Å². The summed E-state index contributed by atoms with van der Waals surface area (Å²) in [7, 11) is 0. The summed E-state index contributed by atoms with van der Waals surface area (Å²) in [5.41, 5.74) is 1.84. The summed E-state index contributed by atoms with van der Waals surface area (Å²) >= 11 is 0. The number of pyridine rings is 2. The van der Waals surface area contributed by atoms with Crippen molar-refractivity contribution in [1.29, 1.82) is 0 Å². The van der Waals surface area contributed by atoms with Crippen molar-refractivity contribution < 1.29 is 62.3 Å². The van der Waals surface area contributed by atoms with Crippen LogP contribution < -0.4 is 15.6 Å². The Kier molecular flexibility index (Phi) is 16.4. The van der Waals surface area contributed by atoms with Gasteiger partial charge in [0, 0.05) is 73.9 Å². The van der Waals surface area contributed by atoms with Gasteiger partial charge in [-0.15, -0.1) is 0 Å². The lowest BCUT2D eigenvalue weighted by atomic mass is 9.81. The molecule has 0 unspecified atom stereocenters. The molecule has 20 heteroatoms. The highest BCUT2D eigenvalue weighted by atomic mass is 16.6. The van der Waals surface area contributed by atoms with E-state index in [1.165, 1.54) is 17.1 Å². The number of benzene rings is 1. The molecule has 1 saturated carbocycles. The van der Waals surface area contributed by atoms with Gasteiger partial charge in [-0.05, 0) is 74.3 Å². The number of hydrogen-bond donors (Lipinski definition) is 2. The molecule has 1 saturated heterocycles. The molecule has 5 aliphatic rings. The summed E-state index contributed by atoms with van der Waals surface area (Å²) in [6.07, 6.45) is 6.01. The Balaban J connectivity index is 0.660. The molecule has 1 aromatic carbocycles. The quantitative estimate of drug-likeness (QED) is 0.0694. The summed E-state index contributed by atoms with van der Waals surface area (Å²) in [6, 6.07) is 6.92. The first-order valence-electron chi connectivity index (χ1n) is 24.4. The van der Waals surface area contributed by atoms with E-state index in [2.05, 4.69) is 5.32 Å². The first-order valence-corrected chi connectivity index (χ1v) is 24.4. The summed E-state index contributed by atoms with van der Waals surface area (Å²) in [6.45, 7) is 8.72. The number of nitrogens with one attached hydrogen (secondary N) is 1. The second kappa shape index (κ2) is 22.8. The number of amides is 5. The van der Waals surface area contributed by atoms with Gasteiger partial charge in [0.15, 0.2) is 5.60 Å². The third-order valence-electron chi connectivity index (χ3n) is 13.9. The highest BCUT2D eigenvalue weighted by molar-refractivity contribution is 6.12. The van der Waals surface area contributed by atoms with Gasteiger partial charge in [-0.3, -0.25) is 28.9 Å². The van der Waals surface area contributed by atoms with Gasteiger partial charge < -0.3 is 53.2 Å². The molecule has 3 aromatic rings. The Bertz CT molecular complexity index is 2550. The van der Waals surface area contributed by atoms with Gasteiger partial charge in [-0.2, -0.15) is 0 Å². The molecule has 2 aromatic heterocycles. The third kappa shape index (κ3) is 11.1. The molecular weight excluding hydrogens is 909 g/mol. The molecule has 8 rings (SSSR count). The zero-order valence-electron chi connectivity index (χ0n) is 39.9. The Morgan fingerprint density at radius 2 is 1.46 bits per heavy atom. The van der Waals surface area contributed by atoms with Crippen LogP contribution in [-0.4, -0.2) is 157 Å². The lowest BCUT2D eigenvalue weighted by molar-refractivity contribution is -0.172. The maximum absolute atomic E-state index is 13.7. The molecule has 4 aliphatic heterocycles. The van der Waals surface area contributed by atoms with Crippen molar-refractivity contribution in [2.45, 2.75) is 77.5 Å². The summed E-state index contributed by atoms with van der Waals surface area (Å²) in [4.78, 5) is 98.1. The minimum absolute atomic E-state index is 0.00670. The lowest BCUT2D eigenvalue weighted by Gasteiger charge is -2.34. The molecule has 2 N–H and O–H groups in total. The average Bonchev–Trinajstić information content (AvgIpc) is 3.90. The van der Waals surface area contributed by atoms with E-state index in [9.17, 15) is 38.7 Å². The molecule has 0 spiro atoms. The molecule has 1 atom stereocenters. The lowest BCUT2D eigenvalue weighted by Crippen LogP contribution is -2.51. The van der Waals surface area contributed by atoms with Gasteiger partial charge in [0.05, 0.1) is 88.3 Å². The molecule has 20 nitrogen and oxygen atoms in total. The van der Waals surface area contributed by atoms with Gasteiger partial charge in [-0.1, -0.05) is 13.8 Å². The Morgan fingerprint density at radius 1 is 0.814 bits per heavy atom. The maximum atomic E-state index is 13.7. The number of cyclic esters (lactones) is 1. The SMILES string of the molecule is CCc1c2c(nc3ccc(OC(=O)N4CCN(C(=O)CCOCCOCCOCCOCCNC(=O)C5CCC(CN6C(=O)C=CC6=O)CC5)CC4)cc13)-c1cc3c(c(=O)n1C2)COC(=O)[C@]3(O)CC. The number of aryl methyl sites for hydroxylation is 1. The molecule has 0 bridgehead atoms. The van der Waals surface area contributed by atoms with Crippen LogP contribution in [0.15, 0.2) is 41.2 Å². The fourth-order valence-electron chi connectivity index (χ4n) is 9.86. The number of fused-ring (bicyclic) bond motifs is 5. The van der Waals surface area contributed by atoms with Gasteiger partial charge in [0.2, 0.25) is 11.8 Å². The molecule has 6 heterocycles. The van der Waals surface area contributed by atoms with Crippen LogP contribution >= 0.6 is 0 Å². The smallest absolute Gasteiger partial charge is 0.415 e. The molecule has 1 aliphatic carbocycles. The number of aromatic nitrogens is 2. The second-order valence-corrected chi connectivity index (χ2v) is 18.1. The largest absolute Gasteiger partial charge is 0.458 e. The van der Waals surface area contributed by atoms with Gasteiger partial charge in [0.25, 0.3) is 17.4 Å². The third-order valence-corrected chi connectivity index (χ3v) is 13.9. The predicted molar refractivity (Wildman–Crippen MR) is 250 cm³/mol. The molecule has 2 fully saturated rings. The van der Waals surface area contributed by atoms with Crippen molar-refractivity contribution >= 4 is 46.6 Å². The van der Waals surface area contributed by atoms with Crippen molar-refractivity contribution in [3.8, 4) is 17.1 Å². The fourth-order valence-corrected chi connectivity index (χ4v) is 9.86. The van der Waals surface area contributed by atoms with Crippen LogP contribution in [0.2, 0.25) is 0 Å². The first kappa shape index (κ1) is 50.3. The van der Waals surface area contributed by atoms with E-state index >= 15 is 0 Å². The van der Waals surface area contributed by atoms with Gasteiger partial charge in [0.1, 0.15) is 12.4 Å². The number of imide groups is 1. The topological polar surface area (TPSA) is 235 Å². The fraction of sp³-hybridized carbons (Fsp3) is 0.560. The number of nitrogens with zero attached hydrogens (tertiary/aromatic N) is 5. The van der Waals surface area contributed by atoms with E-state index in [0.29, 0.717) is 115 Å². The van der Waals surface area contributed by atoms with Gasteiger partial charge in [-0.25, -0.2) is 14.6 Å². The summed E-state index contributed by atoms with van der Waals surface area (Å²) in [5, 5.41) is 14.9. The van der Waals surface area contributed by atoms with E-state index < -0.39 is 17.7 Å². The number of piperazine rings is 1. The van der Waals surface area contributed by atoms with Crippen LogP contribution in [0.3, 0.4) is 0 Å². The normalized spacial score (nSPS) is 20.7. The Hall–Kier alpha value is -6.06. The average molecular weight is 971 g/mol. The molecule has 5 amide bonds. The molecule has 0 radical (unpaired) electrons. The summed E-state index contributed by atoms with van der Waals surface area (Å²) < 4.78 is 34.9. The van der Waals surface area contributed by atoms with Crippen LogP contribution in [0.25, 0.3) is 22.3 Å². The van der Waals surface area contributed by atoms with E-state index in [1.807, 2.05) is 6.92 Å². The van der Waals surface area contributed by atoms with E-state index in [0.717, 1.165) is 42.2 Å². The number of carbonyl (C=O) groups is 6. The van der Waals surface area contributed by atoms with Crippen molar-refractivity contribution in [1.82, 2.24) is 29.6 Å². The molecule has 376 valence electrons. The first-order chi connectivity index (χ1) is 33.9. The minimum Gasteiger partial charge on any atom is -0.458 e. The van der Waals surface area contributed by atoms with Crippen LogP contribution in [0.5, 0.6) is 5.75 Å². The number of hydrogen-bond acceptors (Lipinski definition) is 15. The number of esters is 1. The van der Waals surface area contributed by atoms with Gasteiger partial charge >= 0.3 is 12.1 Å². The van der Waals surface area contributed by atoms with Crippen LogP contribution in [-0.2, 0) is 72.8 Å². The molecular formula is C50H62N6O14. The minimum atomic E-state index is -1.92. The second-order valence-electron chi connectivity index (χ2n) is 18.1. The number of rotatable bonds is 21. The Morgan fingerprint density at radius 3 is 2.11 bits per heavy atom. The number of aliphatic hydroxyl groups is 1. The summed E-state index contributed by atoms with van der Waals surface area (Å²) in [5.74, 6) is -0.862. The van der Waals surface area contributed by atoms with E-state index in [1.54, 1.807) is 45.6 Å². The van der Waals surface area contributed by atoms with Crippen LogP contribution in [0.1, 0.15) is 74.6 Å². The van der Waals surface area contributed by atoms with Crippen molar-refractivity contribution in [2.75, 3.05) is 92.1 Å². The number of carbonyl (C=O) groups excluding carboxylic acids is 6. The monoisotopic (exact) mass is 970 g/mol. The highest BCUT2D eigenvalue weighted by Crippen LogP contribution is 2.41. The molecule has 70 heavy (non-hydrogen) atoms. The standard InChI is InChI=1S/C50H62N6O14/c1-3-35-36-27-34(9-10-40(36)52-45-37(35)30-55-41(45)28-39-38(47(55)61)31-69-48(62)50(39,64)4-2)70-49(63)54-17-15-53(16-18-54)42(57)13-19-65-21-23-67-25-26-68-24-22-66-20-14-51-46(60)33-7-5-32(6-8-33)29-56-43(58)11-12-44(56)59/h9-12,27-28,32-33,64H,3-8,13-26,29-31H2,1-2H3,(H,51,60)/t32?,33?,50-/m0/s1. The zero-order valence-corrected chi connectivity index (χ0v) is 39.9. The van der Waals surface area contributed by atoms with Crippen molar-refractivity contribution in [3.05, 3.63) is 69.0 Å². The van der Waals surface area contributed by atoms with E-state index in [4.69, 9.17) is 33.4 Å². The zero-order chi connectivity index (χ0) is 49.4. The number of ether oxygens (including phenoxy) is 6. The predicted octanol–water partition coefficient (Wildman–Crippen LogP) is 2.59. The van der Waals surface area contributed by atoms with E-state index in [-0.39, 0.29) is 84.8 Å². The maximum Gasteiger partial charge on any atom is 0.415 e. The van der Waals surface area contributed by atoms with Crippen LogP contribution in [0, 0.1) is 11.8 Å². The Labute approximate surface area is 405 Å². The highest BCUT2D eigenvalue weighted by Gasteiger charge is 2.45. The van der Waals surface area contributed by atoms with Crippen LogP contribution in [0.4, 0.5) is 4.79 Å². The van der Waals surface area contributed by atoms with Crippen molar-refractivity contribution in [2.24, 2.45) is 11.8 Å².